The quantitative estimate of drug-likeness (QED) is 0.607. The molecule has 0 spiro atoms. The number of hydrogen-bond acceptors (Lipinski definition) is 5. The van der Waals surface area contributed by atoms with E-state index in [9.17, 15) is 14.9 Å². The topological polar surface area (TPSA) is 81.9 Å². The average molecular weight is 278 g/mol. The molecule has 0 radical (unpaired) electrons. The van der Waals surface area contributed by atoms with Gasteiger partial charge in [-0.2, -0.15) is 0 Å². The summed E-state index contributed by atoms with van der Waals surface area (Å²) in [5, 5.41) is 11.0. The molecule has 1 amide bonds. The maximum absolute atomic E-state index is 12.2. The number of carbonyl (C=O) groups is 1. The predicted octanol–water partition coefficient (Wildman–Crippen LogP) is 1.65. The van der Waals surface area contributed by atoms with Crippen molar-refractivity contribution in [2.75, 3.05) is 6.61 Å². The predicted molar refractivity (Wildman–Crippen MR) is 67.8 cm³/mol. The normalized spacial score (nSPS) is 28.2. The van der Waals surface area contributed by atoms with E-state index in [4.69, 9.17) is 9.47 Å². The summed E-state index contributed by atoms with van der Waals surface area (Å²) >= 11 is 0. The van der Waals surface area contributed by atoms with E-state index >= 15 is 0 Å². The number of rotatable bonds is 2. The zero-order valence-electron chi connectivity index (χ0n) is 10.7. The molecule has 106 valence electrons. The SMILES string of the molecule is O=C(Oc1ccccc1)N1C2CCC1C([N+](=O)[O-])OC2. The van der Waals surface area contributed by atoms with Gasteiger partial charge < -0.3 is 9.47 Å². The van der Waals surface area contributed by atoms with Crippen LogP contribution in [0, 0.1) is 10.1 Å². The third-order valence-corrected chi connectivity index (χ3v) is 3.70. The van der Waals surface area contributed by atoms with Gasteiger partial charge in [0.25, 0.3) is 0 Å². The van der Waals surface area contributed by atoms with Crippen LogP contribution in [-0.2, 0) is 4.74 Å². The van der Waals surface area contributed by atoms with Gasteiger partial charge in [-0.25, -0.2) is 4.79 Å². The van der Waals surface area contributed by atoms with Gasteiger partial charge in [-0.05, 0) is 25.0 Å². The van der Waals surface area contributed by atoms with Gasteiger partial charge in [0.05, 0.1) is 17.6 Å². The fourth-order valence-corrected chi connectivity index (χ4v) is 2.80. The van der Waals surface area contributed by atoms with Crippen LogP contribution in [0.15, 0.2) is 30.3 Å². The highest BCUT2D eigenvalue weighted by atomic mass is 16.7. The first kappa shape index (κ1) is 12.9. The molecule has 0 aromatic heterocycles. The molecule has 0 saturated carbocycles. The second-order valence-electron chi connectivity index (χ2n) is 4.90. The van der Waals surface area contributed by atoms with Crippen molar-refractivity contribution in [1.82, 2.24) is 4.90 Å². The maximum Gasteiger partial charge on any atom is 0.416 e. The second-order valence-corrected chi connectivity index (χ2v) is 4.90. The maximum atomic E-state index is 12.2. The van der Waals surface area contributed by atoms with Gasteiger partial charge in [0.2, 0.25) is 0 Å². The fraction of sp³-hybridized carbons (Fsp3) is 0.462. The van der Waals surface area contributed by atoms with E-state index in [1.807, 2.05) is 6.07 Å². The Kier molecular flexibility index (Phi) is 3.27. The Morgan fingerprint density at radius 1 is 1.35 bits per heavy atom. The van der Waals surface area contributed by atoms with Crippen LogP contribution in [0.3, 0.4) is 0 Å². The summed E-state index contributed by atoms with van der Waals surface area (Å²) in [5.74, 6) is 0.432. The molecule has 1 aromatic carbocycles. The number of para-hydroxylation sites is 1. The molecule has 3 unspecified atom stereocenters. The molecule has 2 bridgehead atoms. The van der Waals surface area contributed by atoms with Crippen LogP contribution in [0.1, 0.15) is 12.8 Å². The van der Waals surface area contributed by atoms with Crippen LogP contribution in [0.5, 0.6) is 5.75 Å². The molecule has 3 atom stereocenters. The molecule has 2 saturated heterocycles. The first-order valence-electron chi connectivity index (χ1n) is 6.47. The van der Waals surface area contributed by atoms with Gasteiger partial charge in [-0.15, -0.1) is 0 Å². The largest absolute Gasteiger partial charge is 0.416 e. The van der Waals surface area contributed by atoms with Crippen molar-refractivity contribution in [1.29, 1.82) is 0 Å². The number of carbonyl (C=O) groups excluding carboxylic acids is 1. The highest BCUT2D eigenvalue weighted by molar-refractivity contribution is 5.72. The van der Waals surface area contributed by atoms with E-state index < -0.39 is 23.3 Å². The third kappa shape index (κ3) is 2.20. The van der Waals surface area contributed by atoms with Crippen LogP contribution < -0.4 is 4.74 Å². The highest BCUT2D eigenvalue weighted by Gasteiger charge is 2.52. The Bertz CT molecular complexity index is 521. The first-order chi connectivity index (χ1) is 9.66. The summed E-state index contributed by atoms with van der Waals surface area (Å²) in [4.78, 5) is 24.2. The van der Waals surface area contributed by atoms with Crippen molar-refractivity contribution in [3.8, 4) is 5.75 Å². The number of nitrogens with zero attached hydrogens (tertiary/aromatic N) is 2. The van der Waals surface area contributed by atoms with E-state index in [1.165, 1.54) is 4.90 Å². The fourth-order valence-electron chi connectivity index (χ4n) is 2.80. The highest BCUT2D eigenvalue weighted by Crippen LogP contribution is 2.33. The van der Waals surface area contributed by atoms with Gasteiger partial charge in [0, 0.05) is 0 Å². The summed E-state index contributed by atoms with van der Waals surface area (Å²) in [6, 6.07) is 8.01. The van der Waals surface area contributed by atoms with Crippen molar-refractivity contribution in [2.24, 2.45) is 0 Å². The lowest BCUT2D eigenvalue weighted by Gasteiger charge is -2.34. The Morgan fingerprint density at radius 2 is 2.10 bits per heavy atom. The molecule has 7 heteroatoms. The molecule has 20 heavy (non-hydrogen) atoms. The van der Waals surface area contributed by atoms with Crippen LogP contribution in [0.25, 0.3) is 0 Å². The molecular weight excluding hydrogens is 264 g/mol. The number of hydrogen-bond donors (Lipinski definition) is 0. The van der Waals surface area contributed by atoms with Crippen molar-refractivity contribution in [3.63, 3.8) is 0 Å². The Hall–Kier alpha value is -2.15. The monoisotopic (exact) mass is 278 g/mol. The van der Waals surface area contributed by atoms with Crippen LogP contribution in [0.2, 0.25) is 0 Å². The minimum absolute atomic E-state index is 0.132. The smallest absolute Gasteiger partial charge is 0.410 e. The summed E-state index contributed by atoms with van der Waals surface area (Å²) < 4.78 is 10.5. The van der Waals surface area contributed by atoms with Crippen LogP contribution >= 0.6 is 0 Å². The molecule has 7 nitrogen and oxygen atoms in total. The molecule has 2 heterocycles. The lowest BCUT2D eigenvalue weighted by Crippen LogP contribution is -2.56. The minimum atomic E-state index is -1.16. The lowest BCUT2D eigenvalue weighted by molar-refractivity contribution is -0.587. The zero-order chi connectivity index (χ0) is 14.1. The van der Waals surface area contributed by atoms with Crippen LogP contribution in [-0.4, -0.2) is 40.8 Å². The molecule has 2 fully saturated rings. The van der Waals surface area contributed by atoms with Gasteiger partial charge in [0.15, 0.2) is 0 Å². The van der Waals surface area contributed by atoms with Gasteiger partial charge in [-0.3, -0.25) is 15.0 Å². The molecule has 0 aliphatic carbocycles. The average Bonchev–Trinajstić information content (AvgIpc) is 2.73. The molecule has 2 aliphatic heterocycles. The Labute approximate surface area is 115 Å². The van der Waals surface area contributed by atoms with E-state index in [-0.39, 0.29) is 12.6 Å². The summed E-state index contributed by atoms with van der Waals surface area (Å²) in [5.41, 5.74) is 0. The standard InChI is InChI=1S/C13H14N2O5/c16-13(20-10-4-2-1-3-5-10)14-9-6-7-11(14)12(15(17)18)19-8-9/h1-5,9,11-12H,6-8H2. The number of nitro groups is 1. The first-order valence-corrected chi connectivity index (χ1v) is 6.47. The Balaban J connectivity index is 1.76. The van der Waals surface area contributed by atoms with E-state index in [2.05, 4.69) is 0 Å². The number of morpholine rings is 1. The molecule has 0 N–H and O–H groups in total. The van der Waals surface area contributed by atoms with Crippen LogP contribution in [0.4, 0.5) is 4.79 Å². The summed E-state index contributed by atoms with van der Waals surface area (Å²) in [6.07, 6.45) is -0.421. The Morgan fingerprint density at radius 3 is 2.80 bits per heavy atom. The molecule has 2 aliphatic rings. The van der Waals surface area contributed by atoms with Crippen molar-refractivity contribution >= 4 is 6.09 Å². The van der Waals surface area contributed by atoms with E-state index in [0.29, 0.717) is 18.6 Å². The summed E-state index contributed by atoms with van der Waals surface area (Å²) in [7, 11) is 0. The van der Waals surface area contributed by atoms with Gasteiger partial charge in [-0.1, -0.05) is 18.2 Å². The second kappa shape index (κ2) is 5.09. The molecule has 3 rings (SSSR count). The number of fused-ring (bicyclic) bond motifs is 2. The van der Waals surface area contributed by atoms with E-state index in [1.54, 1.807) is 24.3 Å². The van der Waals surface area contributed by atoms with E-state index in [0.717, 1.165) is 0 Å². The number of amides is 1. The van der Waals surface area contributed by atoms with Crippen molar-refractivity contribution in [3.05, 3.63) is 40.4 Å². The van der Waals surface area contributed by atoms with Crippen molar-refractivity contribution < 1.29 is 19.2 Å². The number of benzene rings is 1. The lowest BCUT2D eigenvalue weighted by atomic mass is 10.2. The molecule has 1 aromatic rings. The minimum Gasteiger partial charge on any atom is -0.410 e. The summed E-state index contributed by atoms with van der Waals surface area (Å²) in [6.45, 7) is 0.187. The van der Waals surface area contributed by atoms with Gasteiger partial charge >= 0.3 is 12.3 Å². The molecular formula is C13H14N2O5. The zero-order valence-corrected chi connectivity index (χ0v) is 10.7. The van der Waals surface area contributed by atoms with Crippen molar-refractivity contribution in [2.45, 2.75) is 31.2 Å². The van der Waals surface area contributed by atoms with Gasteiger partial charge in [0.1, 0.15) is 11.8 Å². The third-order valence-electron chi connectivity index (χ3n) is 3.70. The number of ether oxygens (including phenoxy) is 2.